The Kier molecular flexibility index (Phi) is 8.16. The number of carboxylic acid groups (broad SMARTS) is 2. The van der Waals surface area contributed by atoms with E-state index in [4.69, 9.17) is 25.5 Å². The molecule has 7 nitrogen and oxygen atoms in total. The van der Waals surface area contributed by atoms with Gasteiger partial charge in [0.2, 0.25) is 0 Å². The third-order valence-corrected chi connectivity index (χ3v) is 3.86. The largest absolute Gasteiger partial charge is 0.480 e. The highest BCUT2D eigenvalue weighted by Gasteiger charge is 2.44. The van der Waals surface area contributed by atoms with Crippen molar-refractivity contribution in [3.63, 3.8) is 0 Å². The smallest absolute Gasteiger partial charge is 0.324 e. The minimum Gasteiger partial charge on any atom is -0.480 e. The van der Waals surface area contributed by atoms with Gasteiger partial charge < -0.3 is 25.5 Å². The molecule has 0 spiro atoms. The monoisotopic (exact) mass is 304 g/mol. The van der Waals surface area contributed by atoms with Gasteiger partial charge in [0.05, 0.1) is 19.8 Å². The average molecular weight is 304 g/mol. The number of aliphatic hydroxyl groups excluding tert-OH is 3. The first-order chi connectivity index (χ1) is 9.84. The summed E-state index contributed by atoms with van der Waals surface area (Å²) >= 11 is 0. The Labute approximate surface area is 123 Å². The fraction of sp³-hybridized carbons (Fsp3) is 0.714. The maximum atomic E-state index is 10.7. The van der Waals surface area contributed by atoms with Gasteiger partial charge in [-0.05, 0) is 25.7 Å². The van der Waals surface area contributed by atoms with E-state index in [0.29, 0.717) is 12.8 Å². The molecule has 0 bridgehead atoms. The van der Waals surface area contributed by atoms with Crippen LogP contribution < -0.4 is 0 Å². The molecule has 0 saturated heterocycles. The van der Waals surface area contributed by atoms with E-state index in [1.807, 2.05) is 6.92 Å². The van der Waals surface area contributed by atoms with Crippen LogP contribution in [0.15, 0.2) is 12.2 Å². The molecule has 0 aromatic heterocycles. The van der Waals surface area contributed by atoms with Gasteiger partial charge in [0, 0.05) is 5.41 Å². The molecule has 0 unspecified atom stereocenters. The molecular weight excluding hydrogens is 280 g/mol. The molecule has 122 valence electrons. The second kappa shape index (κ2) is 8.76. The lowest BCUT2D eigenvalue weighted by molar-refractivity contribution is -0.161. The van der Waals surface area contributed by atoms with Crippen molar-refractivity contribution < 1.29 is 35.1 Å². The van der Waals surface area contributed by atoms with Gasteiger partial charge in [-0.15, -0.1) is 0 Å². The highest BCUT2D eigenvalue weighted by molar-refractivity contribution is 6.00. The summed E-state index contributed by atoms with van der Waals surface area (Å²) in [6, 6.07) is 0. The number of rotatable bonds is 6. The van der Waals surface area contributed by atoms with Crippen molar-refractivity contribution in [1.29, 1.82) is 0 Å². The molecule has 0 heterocycles. The Morgan fingerprint density at radius 2 is 1.57 bits per heavy atom. The van der Waals surface area contributed by atoms with Crippen LogP contribution in [0, 0.1) is 10.8 Å². The molecule has 0 fully saturated rings. The Balaban J connectivity index is 0.000000400. The lowest BCUT2D eigenvalue weighted by Gasteiger charge is -2.24. The molecule has 7 heteroatoms. The highest BCUT2D eigenvalue weighted by Crippen LogP contribution is 2.31. The molecule has 1 aliphatic rings. The van der Waals surface area contributed by atoms with Crippen LogP contribution in [-0.4, -0.2) is 57.3 Å². The third-order valence-electron chi connectivity index (χ3n) is 3.86. The zero-order chi connectivity index (χ0) is 16.5. The van der Waals surface area contributed by atoms with Gasteiger partial charge >= 0.3 is 11.9 Å². The fourth-order valence-corrected chi connectivity index (χ4v) is 1.80. The molecule has 21 heavy (non-hydrogen) atoms. The van der Waals surface area contributed by atoms with E-state index in [1.165, 1.54) is 6.08 Å². The second-order valence-corrected chi connectivity index (χ2v) is 5.20. The molecule has 1 rings (SSSR count). The van der Waals surface area contributed by atoms with Gasteiger partial charge in [-0.3, -0.25) is 9.59 Å². The SMILES string of the molecule is CCC(CO)(CO)CO.O=C(O)C1(C(=O)O)C=CCCC1. The Hall–Kier alpha value is -1.44. The molecule has 0 radical (unpaired) electrons. The zero-order valence-electron chi connectivity index (χ0n) is 12.2. The Bertz CT molecular complexity index is 340. The number of aliphatic hydroxyl groups is 3. The fourth-order valence-electron chi connectivity index (χ4n) is 1.80. The van der Waals surface area contributed by atoms with Crippen molar-refractivity contribution >= 4 is 11.9 Å². The van der Waals surface area contributed by atoms with Gasteiger partial charge in [0.1, 0.15) is 0 Å². The van der Waals surface area contributed by atoms with Gasteiger partial charge in [-0.2, -0.15) is 0 Å². The van der Waals surface area contributed by atoms with Crippen LogP contribution in [0.4, 0.5) is 0 Å². The Morgan fingerprint density at radius 1 is 1.10 bits per heavy atom. The molecule has 0 aromatic carbocycles. The van der Waals surface area contributed by atoms with Gasteiger partial charge in [-0.1, -0.05) is 19.1 Å². The van der Waals surface area contributed by atoms with Crippen LogP contribution in [0.1, 0.15) is 32.6 Å². The van der Waals surface area contributed by atoms with Crippen molar-refractivity contribution in [3.05, 3.63) is 12.2 Å². The summed E-state index contributed by atoms with van der Waals surface area (Å²) in [6.07, 6.45) is 5.06. The maximum Gasteiger partial charge on any atom is 0.324 e. The molecule has 5 N–H and O–H groups in total. The predicted molar refractivity (Wildman–Crippen MR) is 74.7 cm³/mol. The minimum absolute atomic E-state index is 0.156. The van der Waals surface area contributed by atoms with E-state index >= 15 is 0 Å². The molecule has 0 amide bonds. The van der Waals surface area contributed by atoms with Gasteiger partial charge in [0.25, 0.3) is 0 Å². The van der Waals surface area contributed by atoms with Gasteiger partial charge in [0.15, 0.2) is 5.41 Å². The topological polar surface area (TPSA) is 135 Å². The van der Waals surface area contributed by atoms with Crippen LogP contribution in [0.25, 0.3) is 0 Å². The maximum absolute atomic E-state index is 10.7. The molecule has 1 aliphatic carbocycles. The standard InChI is InChI=1S/C8H10O4.C6H14O3/c9-6(10)8(7(11)12)4-2-1-3-5-8;1-2-6(3-7,4-8)5-9/h2,4H,1,3,5H2,(H,9,10)(H,11,12);7-9H,2-5H2,1H3. The summed E-state index contributed by atoms with van der Waals surface area (Å²) in [4.78, 5) is 21.4. The van der Waals surface area contributed by atoms with E-state index in [2.05, 4.69) is 0 Å². The summed E-state index contributed by atoms with van der Waals surface area (Å²) in [5.74, 6) is -2.54. The van der Waals surface area contributed by atoms with Crippen LogP contribution in [0.3, 0.4) is 0 Å². The lowest BCUT2D eigenvalue weighted by atomic mass is 9.79. The first kappa shape index (κ1) is 19.6. The molecule has 0 saturated carbocycles. The summed E-state index contributed by atoms with van der Waals surface area (Å²) in [5, 5.41) is 43.4. The molecular formula is C14H24O7. The van der Waals surface area contributed by atoms with Crippen molar-refractivity contribution in [2.24, 2.45) is 10.8 Å². The zero-order valence-corrected chi connectivity index (χ0v) is 12.2. The van der Waals surface area contributed by atoms with E-state index in [1.54, 1.807) is 6.08 Å². The van der Waals surface area contributed by atoms with E-state index in [9.17, 15) is 9.59 Å². The molecule has 0 aromatic rings. The number of hydrogen-bond donors (Lipinski definition) is 5. The van der Waals surface area contributed by atoms with Gasteiger partial charge in [-0.25, -0.2) is 0 Å². The summed E-state index contributed by atoms with van der Waals surface area (Å²) < 4.78 is 0. The number of carbonyl (C=O) groups is 2. The van der Waals surface area contributed by atoms with E-state index < -0.39 is 22.8 Å². The van der Waals surface area contributed by atoms with Crippen LogP contribution in [0.2, 0.25) is 0 Å². The van der Waals surface area contributed by atoms with Crippen LogP contribution in [-0.2, 0) is 9.59 Å². The van der Waals surface area contributed by atoms with E-state index in [0.717, 1.165) is 6.42 Å². The summed E-state index contributed by atoms with van der Waals surface area (Å²) in [6.45, 7) is 1.35. The Morgan fingerprint density at radius 3 is 1.71 bits per heavy atom. The first-order valence-corrected chi connectivity index (χ1v) is 6.81. The number of hydrogen-bond acceptors (Lipinski definition) is 5. The van der Waals surface area contributed by atoms with E-state index in [-0.39, 0.29) is 26.2 Å². The number of carboxylic acids is 2. The normalized spacial score (nSPS) is 16.8. The molecule has 0 atom stereocenters. The lowest BCUT2D eigenvalue weighted by Crippen LogP contribution is -2.38. The number of aliphatic carboxylic acids is 2. The van der Waals surface area contributed by atoms with Crippen molar-refractivity contribution in [2.75, 3.05) is 19.8 Å². The molecule has 0 aliphatic heterocycles. The minimum atomic E-state index is -1.67. The van der Waals surface area contributed by atoms with Crippen molar-refractivity contribution in [3.8, 4) is 0 Å². The average Bonchev–Trinajstić information content (AvgIpc) is 2.51. The van der Waals surface area contributed by atoms with Crippen LogP contribution >= 0.6 is 0 Å². The first-order valence-electron chi connectivity index (χ1n) is 6.81. The predicted octanol–water partition coefficient (Wildman–Crippen LogP) is 0.242. The highest BCUT2D eigenvalue weighted by atomic mass is 16.4. The van der Waals surface area contributed by atoms with Crippen molar-refractivity contribution in [1.82, 2.24) is 0 Å². The number of allylic oxidation sites excluding steroid dienone is 1. The van der Waals surface area contributed by atoms with Crippen molar-refractivity contribution in [2.45, 2.75) is 32.6 Å². The summed E-state index contributed by atoms with van der Waals surface area (Å²) in [7, 11) is 0. The quantitative estimate of drug-likeness (QED) is 0.350. The summed E-state index contributed by atoms with van der Waals surface area (Å²) in [5.41, 5.74) is -2.34. The third kappa shape index (κ3) is 4.80. The van der Waals surface area contributed by atoms with Crippen LogP contribution in [0.5, 0.6) is 0 Å². The second-order valence-electron chi connectivity index (χ2n) is 5.20.